The van der Waals surface area contributed by atoms with Crippen molar-refractivity contribution in [3.8, 4) is 0 Å². The van der Waals surface area contributed by atoms with Crippen LogP contribution in [0.3, 0.4) is 0 Å². The number of amides is 1. The van der Waals surface area contributed by atoms with Crippen molar-refractivity contribution in [3.05, 3.63) is 28.2 Å². The Bertz CT molecular complexity index is 421. The van der Waals surface area contributed by atoms with Gasteiger partial charge in [-0.1, -0.05) is 15.9 Å². The monoisotopic (exact) mass is 313 g/mol. The number of halogens is 1. The summed E-state index contributed by atoms with van der Waals surface area (Å²) in [7, 11) is 7.39. The molecule has 1 aromatic rings. The third-order valence-electron chi connectivity index (χ3n) is 2.69. The number of nitrogens with zero attached hydrogens (tertiary/aromatic N) is 2. The van der Waals surface area contributed by atoms with Gasteiger partial charge in [0, 0.05) is 37.8 Å². The highest BCUT2D eigenvalue weighted by Gasteiger charge is 2.12. The van der Waals surface area contributed by atoms with Crippen molar-refractivity contribution >= 4 is 27.5 Å². The van der Waals surface area contributed by atoms with Crippen molar-refractivity contribution in [1.29, 1.82) is 0 Å². The molecule has 1 rings (SSSR count). The largest absolute Gasteiger partial charge is 0.365 e. The summed E-state index contributed by atoms with van der Waals surface area (Å²) in [5, 5.41) is 3.14. The van der Waals surface area contributed by atoms with E-state index >= 15 is 0 Å². The lowest BCUT2D eigenvalue weighted by molar-refractivity contribution is -0.127. The normalized spacial score (nSPS) is 10.3. The molecular formula is C13H20BrN3O. The summed E-state index contributed by atoms with van der Waals surface area (Å²) in [4.78, 5) is 15.3. The van der Waals surface area contributed by atoms with Crippen molar-refractivity contribution in [2.45, 2.75) is 6.54 Å². The van der Waals surface area contributed by atoms with Crippen LogP contribution in [0.2, 0.25) is 0 Å². The molecule has 0 saturated carbocycles. The molecule has 0 unspecified atom stereocenters. The Morgan fingerprint density at radius 2 is 2.00 bits per heavy atom. The van der Waals surface area contributed by atoms with Gasteiger partial charge in [0.05, 0.1) is 6.54 Å². The van der Waals surface area contributed by atoms with Gasteiger partial charge < -0.3 is 15.1 Å². The Hall–Kier alpha value is -1.07. The van der Waals surface area contributed by atoms with Crippen LogP contribution in [0.1, 0.15) is 5.56 Å². The number of carbonyl (C=O) groups excluding carboxylic acids is 1. The third-order valence-corrected chi connectivity index (χ3v) is 3.18. The van der Waals surface area contributed by atoms with Crippen LogP contribution in [0.4, 0.5) is 5.69 Å². The summed E-state index contributed by atoms with van der Waals surface area (Å²) >= 11 is 3.47. The molecule has 1 amide bonds. The highest BCUT2D eigenvalue weighted by atomic mass is 79.9. The average molecular weight is 314 g/mol. The number of hydrogen-bond acceptors (Lipinski definition) is 3. The van der Waals surface area contributed by atoms with Gasteiger partial charge in [-0.3, -0.25) is 4.79 Å². The molecule has 0 radical (unpaired) electrons. The molecule has 18 heavy (non-hydrogen) atoms. The molecule has 4 nitrogen and oxygen atoms in total. The molecule has 0 aliphatic rings. The Kier molecular flexibility index (Phi) is 5.62. The molecule has 100 valence electrons. The van der Waals surface area contributed by atoms with Crippen LogP contribution in [0.25, 0.3) is 0 Å². The lowest BCUT2D eigenvalue weighted by Crippen LogP contribution is -2.34. The first kappa shape index (κ1) is 15.0. The number of anilines is 1. The van der Waals surface area contributed by atoms with E-state index in [1.54, 1.807) is 19.0 Å². The fraction of sp³-hybridized carbons (Fsp3) is 0.462. The molecule has 0 atom stereocenters. The Balaban J connectivity index is 2.90. The van der Waals surface area contributed by atoms with Crippen molar-refractivity contribution < 1.29 is 4.79 Å². The lowest BCUT2D eigenvalue weighted by Gasteiger charge is -2.23. The molecule has 0 aliphatic carbocycles. The Morgan fingerprint density at radius 1 is 1.33 bits per heavy atom. The molecular weight excluding hydrogens is 294 g/mol. The zero-order valence-electron chi connectivity index (χ0n) is 11.3. The number of nitrogens with one attached hydrogen (secondary N) is 1. The summed E-state index contributed by atoms with van der Waals surface area (Å²) in [5.41, 5.74) is 2.24. The first-order chi connectivity index (χ1) is 8.45. The second kappa shape index (κ2) is 6.75. The van der Waals surface area contributed by atoms with Crippen LogP contribution in [-0.4, -0.2) is 45.5 Å². The fourth-order valence-electron chi connectivity index (χ4n) is 1.69. The molecule has 1 aromatic carbocycles. The van der Waals surface area contributed by atoms with Gasteiger partial charge in [-0.15, -0.1) is 0 Å². The standard InChI is InChI=1S/C13H20BrN3O/c1-15-8-10-7-11(14)5-6-12(10)17(4)9-13(18)16(2)3/h5-7,15H,8-9H2,1-4H3. The number of rotatable bonds is 5. The van der Waals surface area contributed by atoms with Crippen LogP contribution in [0, 0.1) is 0 Å². The van der Waals surface area contributed by atoms with E-state index in [9.17, 15) is 4.79 Å². The van der Waals surface area contributed by atoms with Gasteiger partial charge in [0.1, 0.15) is 0 Å². The van der Waals surface area contributed by atoms with E-state index in [2.05, 4.69) is 27.3 Å². The van der Waals surface area contributed by atoms with Crippen LogP contribution < -0.4 is 10.2 Å². The second-order valence-electron chi connectivity index (χ2n) is 4.45. The molecule has 0 aliphatic heterocycles. The predicted octanol–water partition coefficient (Wildman–Crippen LogP) is 1.69. The minimum Gasteiger partial charge on any atom is -0.365 e. The highest BCUT2D eigenvalue weighted by molar-refractivity contribution is 9.10. The van der Waals surface area contributed by atoms with Gasteiger partial charge >= 0.3 is 0 Å². The molecule has 5 heteroatoms. The Morgan fingerprint density at radius 3 is 2.56 bits per heavy atom. The van der Waals surface area contributed by atoms with E-state index in [1.807, 2.05) is 31.1 Å². The maximum absolute atomic E-state index is 11.7. The van der Waals surface area contributed by atoms with Crippen molar-refractivity contribution in [3.63, 3.8) is 0 Å². The fourth-order valence-corrected chi connectivity index (χ4v) is 2.10. The number of carbonyl (C=O) groups is 1. The number of benzene rings is 1. The molecule has 0 spiro atoms. The van der Waals surface area contributed by atoms with Crippen molar-refractivity contribution in [2.24, 2.45) is 0 Å². The molecule has 1 N–H and O–H groups in total. The zero-order chi connectivity index (χ0) is 13.7. The van der Waals surface area contributed by atoms with Crippen molar-refractivity contribution in [2.75, 3.05) is 39.6 Å². The molecule has 0 fully saturated rings. The van der Waals surface area contributed by atoms with Gasteiger partial charge in [0.2, 0.25) is 5.91 Å². The number of likely N-dealkylation sites (N-methyl/N-ethyl adjacent to an activating group) is 2. The molecule has 0 aromatic heterocycles. The summed E-state index contributed by atoms with van der Waals surface area (Å²) in [6.07, 6.45) is 0. The maximum Gasteiger partial charge on any atom is 0.241 e. The van der Waals surface area contributed by atoms with E-state index in [0.29, 0.717) is 6.54 Å². The zero-order valence-corrected chi connectivity index (χ0v) is 12.9. The third kappa shape index (κ3) is 3.99. The topological polar surface area (TPSA) is 35.6 Å². The Labute approximate surface area is 117 Å². The van der Waals surface area contributed by atoms with Crippen LogP contribution in [0.15, 0.2) is 22.7 Å². The van der Waals surface area contributed by atoms with E-state index in [0.717, 1.165) is 16.7 Å². The van der Waals surface area contributed by atoms with Gasteiger partial charge in [0.15, 0.2) is 0 Å². The highest BCUT2D eigenvalue weighted by Crippen LogP contribution is 2.23. The molecule has 0 saturated heterocycles. The van der Waals surface area contributed by atoms with E-state index < -0.39 is 0 Å². The lowest BCUT2D eigenvalue weighted by atomic mass is 10.1. The van der Waals surface area contributed by atoms with E-state index in [1.165, 1.54) is 5.56 Å². The number of hydrogen-bond donors (Lipinski definition) is 1. The SMILES string of the molecule is CNCc1cc(Br)ccc1N(C)CC(=O)N(C)C. The average Bonchev–Trinajstić information content (AvgIpc) is 2.29. The predicted molar refractivity (Wildman–Crippen MR) is 78.9 cm³/mol. The smallest absolute Gasteiger partial charge is 0.241 e. The summed E-state index contributed by atoms with van der Waals surface area (Å²) < 4.78 is 1.05. The van der Waals surface area contributed by atoms with Crippen LogP contribution >= 0.6 is 15.9 Å². The van der Waals surface area contributed by atoms with Gasteiger partial charge in [-0.2, -0.15) is 0 Å². The van der Waals surface area contributed by atoms with Gasteiger partial charge in [-0.25, -0.2) is 0 Å². The minimum atomic E-state index is 0.0934. The van der Waals surface area contributed by atoms with Crippen LogP contribution in [-0.2, 0) is 11.3 Å². The maximum atomic E-state index is 11.7. The minimum absolute atomic E-state index is 0.0934. The quantitative estimate of drug-likeness (QED) is 0.898. The van der Waals surface area contributed by atoms with Gasteiger partial charge in [-0.05, 0) is 30.8 Å². The molecule has 0 heterocycles. The van der Waals surface area contributed by atoms with E-state index in [4.69, 9.17) is 0 Å². The first-order valence-electron chi connectivity index (χ1n) is 5.80. The summed E-state index contributed by atoms with van der Waals surface area (Å²) in [5.74, 6) is 0.0934. The summed E-state index contributed by atoms with van der Waals surface area (Å²) in [6.45, 7) is 1.15. The summed E-state index contributed by atoms with van der Waals surface area (Å²) in [6, 6.07) is 6.09. The van der Waals surface area contributed by atoms with E-state index in [-0.39, 0.29) is 5.91 Å². The second-order valence-corrected chi connectivity index (χ2v) is 5.36. The first-order valence-corrected chi connectivity index (χ1v) is 6.59. The van der Waals surface area contributed by atoms with Crippen molar-refractivity contribution in [1.82, 2.24) is 10.2 Å². The molecule has 0 bridgehead atoms. The van der Waals surface area contributed by atoms with Gasteiger partial charge in [0.25, 0.3) is 0 Å². The van der Waals surface area contributed by atoms with Crippen LogP contribution in [0.5, 0.6) is 0 Å².